The van der Waals surface area contributed by atoms with Crippen molar-refractivity contribution < 1.29 is 14.6 Å². The van der Waals surface area contributed by atoms with Crippen molar-refractivity contribution in [3.8, 4) is 17.3 Å². The van der Waals surface area contributed by atoms with E-state index in [1.807, 2.05) is 24.3 Å². The molecule has 0 aliphatic rings. The largest absolute Gasteiger partial charge is 0.496 e. The molecule has 0 amide bonds. The van der Waals surface area contributed by atoms with Gasteiger partial charge in [-0.2, -0.15) is 5.10 Å². The van der Waals surface area contributed by atoms with Crippen LogP contribution in [0, 0.1) is 0 Å². The Labute approximate surface area is 129 Å². The minimum atomic E-state index is -1.09. The van der Waals surface area contributed by atoms with E-state index in [0.29, 0.717) is 22.6 Å². The van der Waals surface area contributed by atoms with E-state index in [1.165, 1.54) is 7.11 Å². The van der Waals surface area contributed by atoms with Crippen molar-refractivity contribution in [1.29, 1.82) is 0 Å². The molecular formula is C16H12N4O3. The third-order valence-corrected chi connectivity index (χ3v) is 3.74. The molecule has 7 nitrogen and oxygen atoms in total. The number of imidazole rings is 1. The fraction of sp³-hybridized carbons (Fsp3) is 0.0625. The number of ether oxygens (including phenoxy) is 1. The number of nitrogens with zero attached hydrogens (tertiary/aromatic N) is 2. The van der Waals surface area contributed by atoms with Crippen molar-refractivity contribution in [3.05, 3.63) is 42.0 Å². The van der Waals surface area contributed by atoms with Crippen LogP contribution in [0.2, 0.25) is 0 Å². The van der Waals surface area contributed by atoms with Gasteiger partial charge >= 0.3 is 5.97 Å². The molecule has 0 fully saturated rings. The van der Waals surface area contributed by atoms with Gasteiger partial charge in [-0.1, -0.05) is 18.2 Å². The topological polar surface area (TPSA) is 104 Å². The maximum absolute atomic E-state index is 11.5. The molecular weight excluding hydrogens is 296 g/mol. The van der Waals surface area contributed by atoms with Crippen LogP contribution in [0.5, 0.6) is 5.75 Å². The standard InChI is InChI=1S/C16H12N4O3/c1-23-11-7-6-10-14(12(11)16(21)22)18-15(17-10)13-8-4-2-3-5-9(8)19-20-13/h2-7H,1H3,(H,17,18)(H,19,20)(H,21,22). The van der Waals surface area contributed by atoms with Crippen LogP contribution in [-0.2, 0) is 0 Å². The number of fused-ring (bicyclic) bond motifs is 2. The van der Waals surface area contributed by atoms with Crippen LogP contribution < -0.4 is 4.74 Å². The van der Waals surface area contributed by atoms with Gasteiger partial charge in [-0.05, 0) is 18.2 Å². The van der Waals surface area contributed by atoms with Crippen molar-refractivity contribution in [3.63, 3.8) is 0 Å². The number of benzene rings is 2. The third kappa shape index (κ3) is 1.94. The fourth-order valence-corrected chi connectivity index (χ4v) is 2.69. The van der Waals surface area contributed by atoms with Crippen molar-refractivity contribution >= 4 is 27.9 Å². The molecule has 0 unspecified atom stereocenters. The summed E-state index contributed by atoms with van der Waals surface area (Å²) >= 11 is 0. The Kier molecular flexibility index (Phi) is 2.80. The number of carboxylic acid groups (broad SMARTS) is 1. The van der Waals surface area contributed by atoms with E-state index in [9.17, 15) is 9.90 Å². The number of para-hydroxylation sites is 1. The third-order valence-electron chi connectivity index (χ3n) is 3.74. The zero-order valence-corrected chi connectivity index (χ0v) is 12.1. The SMILES string of the molecule is COc1ccc2[nH]c(-c3n[nH]c4ccccc34)nc2c1C(=O)O. The molecule has 4 aromatic rings. The molecule has 2 heterocycles. The van der Waals surface area contributed by atoms with E-state index in [-0.39, 0.29) is 11.3 Å². The molecule has 0 aliphatic carbocycles. The molecule has 0 bridgehead atoms. The van der Waals surface area contributed by atoms with Crippen LogP contribution in [-0.4, -0.2) is 38.4 Å². The number of hydrogen-bond acceptors (Lipinski definition) is 4. The smallest absolute Gasteiger partial charge is 0.341 e. The highest BCUT2D eigenvalue weighted by molar-refractivity contribution is 6.05. The normalized spacial score (nSPS) is 11.2. The van der Waals surface area contributed by atoms with E-state index in [0.717, 1.165) is 10.9 Å². The lowest BCUT2D eigenvalue weighted by Crippen LogP contribution is -2.01. The first kappa shape index (κ1) is 13.3. The summed E-state index contributed by atoms with van der Waals surface area (Å²) in [5.41, 5.74) is 2.53. The Bertz CT molecular complexity index is 1050. The lowest BCUT2D eigenvalue weighted by molar-refractivity contribution is 0.0695. The lowest BCUT2D eigenvalue weighted by Gasteiger charge is -2.04. The molecule has 4 rings (SSSR count). The Morgan fingerprint density at radius 2 is 2.00 bits per heavy atom. The van der Waals surface area contributed by atoms with Crippen LogP contribution in [0.4, 0.5) is 0 Å². The van der Waals surface area contributed by atoms with E-state index in [2.05, 4.69) is 20.2 Å². The molecule has 2 aromatic heterocycles. The average molecular weight is 308 g/mol. The monoisotopic (exact) mass is 308 g/mol. The molecule has 0 saturated heterocycles. The van der Waals surface area contributed by atoms with Gasteiger partial charge in [-0.15, -0.1) is 0 Å². The number of rotatable bonds is 3. The van der Waals surface area contributed by atoms with Crippen LogP contribution in [0.15, 0.2) is 36.4 Å². The molecule has 23 heavy (non-hydrogen) atoms. The first-order valence-corrected chi connectivity index (χ1v) is 6.92. The molecule has 0 aliphatic heterocycles. The van der Waals surface area contributed by atoms with E-state index in [1.54, 1.807) is 12.1 Å². The summed E-state index contributed by atoms with van der Waals surface area (Å²) < 4.78 is 5.13. The molecule has 3 N–H and O–H groups in total. The number of methoxy groups -OCH3 is 1. The number of aromatic nitrogens is 4. The van der Waals surface area contributed by atoms with Gasteiger partial charge in [0.2, 0.25) is 0 Å². The maximum atomic E-state index is 11.5. The van der Waals surface area contributed by atoms with E-state index < -0.39 is 5.97 Å². The predicted octanol–water partition coefficient (Wildman–Crippen LogP) is 2.81. The number of carboxylic acids is 1. The van der Waals surface area contributed by atoms with Gasteiger partial charge in [0.15, 0.2) is 5.82 Å². The summed E-state index contributed by atoms with van der Waals surface area (Å²) in [6.45, 7) is 0. The van der Waals surface area contributed by atoms with Crippen molar-refractivity contribution in [2.24, 2.45) is 0 Å². The number of aromatic carboxylic acids is 1. The van der Waals surface area contributed by atoms with Gasteiger partial charge < -0.3 is 14.8 Å². The second-order valence-corrected chi connectivity index (χ2v) is 5.05. The highest BCUT2D eigenvalue weighted by Crippen LogP contribution is 2.30. The molecule has 0 saturated carbocycles. The molecule has 7 heteroatoms. The predicted molar refractivity (Wildman–Crippen MR) is 84.7 cm³/mol. The summed E-state index contributed by atoms with van der Waals surface area (Å²) in [7, 11) is 1.43. The van der Waals surface area contributed by atoms with E-state index >= 15 is 0 Å². The molecule has 0 spiro atoms. The quantitative estimate of drug-likeness (QED) is 0.540. The molecule has 2 aromatic carbocycles. The highest BCUT2D eigenvalue weighted by atomic mass is 16.5. The lowest BCUT2D eigenvalue weighted by atomic mass is 10.1. The Hall–Kier alpha value is -3.35. The van der Waals surface area contributed by atoms with Gasteiger partial charge in [0, 0.05) is 5.39 Å². The highest BCUT2D eigenvalue weighted by Gasteiger charge is 2.20. The summed E-state index contributed by atoms with van der Waals surface area (Å²) in [5.74, 6) is -0.305. The van der Waals surface area contributed by atoms with Crippen molar-refractivity contribution in [1.82, 2.24) is 20.2 Å². The number of nitrogens with one attached hydrogen (secondary N) is 2. The summed E-state index contributed by atoms with van der Waals surface area (Å²) in [6.07, 6.45) is 0. The molecule has 114 valence electrons. The molecule has 0 atom stereocenters. The fourth-order valence-electron chi connectivity index (χ4n) is 2.69. The minimum Gasteiger partial charge on any atom is -0.496 e. The summed E-state index contributed by atoms with van der Waals surface area (Å²) in [6, 6.07) is 11.0. The average Bonchev–Trinajstić information content (AvgIpc) is 3.16. The number of hydrogen-bond donors (Lipinski definition) is 3. The first-order valence-electron chi connectivity index (χ1n) is 6.92. The summed E-state index contributed by atoms with van der Waals surface area (Å²) in [4.78, 5) is 19.1. The zero-order valence-electron chi connectivity index (χ0n) is 12.1. The van der Waals surface area contributed by atoms with Crippen LogP contribution >= 0.6 is 0 Å². The minimum absolute atomic E-state index is 0.0346. The second-order valence-electron chi connectivity index (χ2n) is 5.05. The van der Waals surface area contributed by atoms with Crippen molar-refractivity contribution in [2.75, 3.05) is 7.11 Å². The van der Waals surface area contributed by atoms with Gasteiger partial charge in [0.1, 0.15) is 22.5 Å². The van der Waals surface area contributed by atoms with Crippen LogP contribution in [0.25, 0.3) is 33.5 Å². The Morgan fingerprint density at radius 3 is 2.78 bits per heavy atom. The van der Waals surface area contributed by atoms with Gasteiger partial charge in [0.05, 0.1) is 18.1 Å². The van der Waals surface area contributed by atoms with Gasteiger partial charge in [-0.3, -0.25) is 5.10 Å². The van der Waals surface area contributed by atoms with Crippen LogP contribution in [0.3, 0.4) is 0 Å². The maximum Gasteiger partial charge on any atom is 0.341 e. The Morgan fingerprint density at radius 1 is 1.17 bits per heavy atom. The van der Waals surface area contributed by atoms with Gasteiger partial charge in [0.25, 0.3) is 0 Å². The van der Waals surface area contributed by atoms with Crippen LogP contribution in [0.1, 0.15) is 10.4 Å². The second kappa shape index (κ2) is 4.84. The van der Waals surface area contributed by atoms with Gasteiger partial charge in [-0.25, -0.2) is 9.78 Å². The number of aromatic amines is 2. The first-order chi connectivity index (χ1) is 11.2. The van der Waals surface area contributed by atoms with E-state index in [4.69, 9.17) is 4.74 Å². The van der Waals surface area contributed by atoms with Crippen molar-refractivity contribution in [2.45, 2.75) is 0 Å². The zero-order chi connectivity index (χ0) is 16.0. The summed E-state index contributed by atoms with van der Waals surface area (Å²) in [5, 5.41) is 17.6. The number of H-pyrrole nitrogens is 2. The Balaban J connectivity index is 1.99. The number of carbonyl (C=O) groups is 1. The molecule has 0 radical (unpaired) electrons.